The lowest BCUT2D eigenvalue weighted by atomic mass is 10.1. The topological polar surface area (TPSA) is 67.4 Å². The first-order valence-corrected chi connectivity index (χ1v) is 9.47. The second-order valence-corrected chi connectivity index (χ2v) is 7.33. The van der Waals surface area contributed by atoms with Crippen LogP contribution in [0.3, 0.4) is 0 Å². The van der Waals surface area contributed by atoms with Crippen molar-refractivity contribution in [2.45, 2.75) is 51.0 Å². The zero-order chi connectivity index (χ0) is 15.8. The summed E-state index contributed by atoms with van der Waals surface area (Å²) >= 11 is 0. The predicted octanol–water partition coefficient (Wildman–Crippen LogP) is 2.38. The molecule has 1 aliphatic carbocycles. The molecule has 6 heteroatoms. The maximum absolute atomic E-state index is 11.9. The smallest absolute Gasteiger partial charge is 0.277 e. The van der Waals surface area contributed by atoms with Gasteiger partial charge >= 0.3 is 0 Å². The van der Waals surface area contributed by atoms with Gasteiger partial charge in [0.05, 0.1) is 7.11 Å². The molecule has 1 fully saturated rings. The lowest BCUT2D eigenvalue weighted by Crippen LogP contribution is -2.41. The summed E-state index contributed by atoms with van der Waals surface area (Å²) < 4.78 is 34.2. The van der Waals surface area contributed by atoms with Gasteiger partial charge in [-0.1, -0.05) is 25.0 Å². The van der Waals surface area contributed by atoms with Crippen LogP contribution in [0.4, 0.5) is 0 Å². The molecule has 0 aliphatic heterocycles. The van der Waals surface area contributed by atoms with Crippen LogP contribution < -0.4 is 14.2 Å². The van der Waals surface area contributed by atoms with Crippen molar-refractivity contribution >= 4 is 10.2 Å². The molecule has 1 aromatic rings. The first kappa shape index (κ1) is 17.2. The van der Waals surface area contributed by atoms with E-state index >= 15 is 0 Å². The standard InChI is InChI=1S/C16H26N2O3S/c1-21-16-11-9-14(10-12-16)6-4-5-13-17-22(19,20)18-15-7-2-3-8-15/h9-12,15,17-18H,2-8,13H2,1H3. The number of nitrogens with one attached hydrogen (secondary N) is 2. The number of rotatable bonds is 9. The van der Waals surface area contributed by atoms with E-state index < -0.39 is 10.2 Å². The summed E-state index contributed by atoms with van der Waals surface area (Å²) in [5.41, 5.74) is 1.24. The Hall–Kier alpha value is -1.11. The summed E-state index contributed by atoms with van der Waals surface area (Å²) in [4.78, 5) is 0. The zero-order valence-electron chi connectivity index (χ0n) is 13.2. The average molecular weight is 326 g/mol. The number of aryl methyl sites for hydroxylation is 1. The molecule has 0 heterocycles. The maximum atomic E-state index is 11.9. The van der Waals surface area contributed by atoms with Crippen molar-refractivity contribution in [3.63, 3.8) is 0 Å². The van der Waals surface area contributed by atoms with Gasteiger partial charge in [0, 0.05) is 12.6 Å². The van der Waals surface area contributed by atoms with E-state index in [1.54, 1.807) is 7.11 Å². The minimum absolute atomic E-state index is 0.122. The minimum Gasteiger partial charge on any atom is -0.497 e. The molecule has 124 valence electrons. The largest absolute Gasteiger partial charge is 0.497 e. The number of hydrogen-bond donors (Lipinski definition) is 2. The Balaban J connectivity index is 1.61. The molecular weight excluding hydrogens is 300 g/mol. The Morgan fingerprint density at radius 3 is 2.45 bits per heavy atom. The van der Waals surface area contributed by atoms with Gasteiger partial charge in [0.1, 0.15) is 5.75 Å². The van der Waals surface area contributed by atoms with E-state index in [-0.39, 0.29) is 6.04 Å². The lowest BCUT2D eigenvalue weighted by molar-refractivity contribution is 0.414. The van der Waals surface area contributed by atoms with Crippen LogP contribution in [0.5, 0.6) is 5.75 Å². The minimum atomic E-state index is -3.34. The van der Waals surface area contributed by atoms with Crippen LogP contribution in [-0.4, -0.2) is 28.1 Å². The van der Waals surface area contributed by atoms with Crippen molar-refractivity contribution in [1.82, 2.24) is 9.44 Å². The third-order valence-corrected chi connectivity index (χ3v) is 5.25. The molecule has 1 aromatic carbocycles. The van der Waals surface area contributed by atoms with E-state index in [1.807, 2.05) is 24.3 Å². The Morgan fingerprint density at radius 2 is 1.82 bits per heavy atom. The maximum Gasteiger partial charge on any atom is 0.277 e. The molecule has 2 N–H and O–H groups in total. The summed E-state index contributed by atoms with van der Waals surface area (Å²) in [5, 5.41) is 0. The fraction of sp³-hybridized carbons (Fsp3) is 0.625. The van der Waals surface area contributed by atoms with Crippen molar-refractivity contribution < 1.29 is 13.2 Å². The van der Waals surface area contributed by atoms with Gasteiger partial charge in [-0.3, -0.25) is 0 Å². The van der Waals surface area contributed by atoms with Gasteiger partial charge in [0.2, 0.25) is 0 Å². The summed E-state index contributed by atoms with van der Waals surface area (Å²) in [6, 6.07) is 8.11. The van der Waals surface area contributed by atoms with Gasteiger partial charge in [0.15, 0.2) is 0 Å². The van der Waals surface area contributed by atoms with E-state index in [9.17, 15) is 8.42 Å². The highest BCUT2D eigenvalue weighted by Crippen LogP contribution is 2.18. The monoisotopic (exact) mass is 326 g/mol. The highest BCUT2D eigenvalue weighted by atomic mass is 32.2. The molecule has 2 rings (SSSR count). The molecule has 0 aromatic heterocycles. The molecular formula is C16H26N2O3S. The highest BCUT2D eigenvalue weighted by molar-refractivity contribution is 7.87. The molecule has 1 saturated carbocycles. The van der Waals surface area contributed by atoms with E-state index in [2.05, 4.69) is 9.44 Å². The fourth-order valence-electron chi connectivity index (χ4n) is 2.76. The van der Waals surface area contributed by atoms with E-state index in [0.717, 1.165) is 50.7 Å². The first-order chi connectivity index (χ1) is 10.6. The SMILES string of the molecule is COc1ccc(CCCCNS(=O)(=O)NC2CCCC2)cc1. The van der Waals surface area contributed by atoms with E-state index in [4.69, 9.17) is 4.74 Å². The second-order valence-electron chi connectivity index (χ2n) is 5.80. The molecule has 0 saturated heterocycles. The summed E-state index contributed by atoms with van der Waals surface area (Å²) in [6.07, 6.45) is 6.89. The second kappa shape index (κ2) is 8.50. The van der Waals surface area contributed by atoms with Crippen molar-refractivity contribution in [2.24, 2.45) is 0 Å². The fourth-order valence-corrected chi connectivity index (χ4v) is 3.93. The number of unbranched alkanes of at least 4 members (excludes halogenated alkanes) is 1. The summed E-state index contributed by atoms with van der Waals surface area (Å²) in [5.74, 6) is 0.856. The van der Waals surface area contributed by atoms with E-state index in [1.165, 1.54) is 5.56 Å². The molecule has 1 aliphatic rings. The molecule has 0 radical (unpaired) electrons. The van der Waals surface area contributed by atoms with Crippen LogP contribution in [0.1, 0.15) is 44.1 Å². The Bertz CT molecular complexity index is 537. The number of ether oxygens (including phenoxy) is 1. The van der Waals surface area contributed by atoms with Crippen LogP contribution >= 0.6 is 0 Å². The van der Waals surface area contributed by atoms with Crippen molar-refractivity contribution in [1.29, 1.82) is 0 Å². The van der Waals surface area contributed by atoms with Gasteiger partial charge < -0.3 is 4.74 Å². The van der Waals surface area contributed by atoms with Crippen molar-refractivity contribution in [2.75, 3.05) is 13.7 Å². The van der Waals surface area contributed by atoms with Gasteiger partial charge in [0.25, 0.3) is 10.2 Å². The van der Waals surface area contributed by atoms with E-state index in [0.29, 0.717) is 6.54 Å². The molecule has 0 unspecified atom stereocenters. The molecule has 0 amide bonds. The Labute approximate surface area is 133 Å². The van der Waals surface area contributed by atoms with Crippen molar-refractivity contribution in [3.05, 3.63) is 29.8 Å². The summed E-state index contributed by atoms with van der Waals surface area (Å²) in [6.45, 7) is 0.484. The molecule has 5 nitrogen and oxygen atoms in total. The van der Waals surface area contributed by atoms with Crippen molar-refractivity contribution in [3.8, 4) is 5.75 Å². The normalized spacial score (nSPS) is 16.0. The van der Waals surface area contributed by atoms with Gasteiger partial charge in [-0.05, 0) is 49.8 Å². The molecule has 22 heavy (non-hydrogen) atoms. The van der Waals surface area contributed by atoms with Crippen LogP contribution in [0, 0.1) is 0 Å². The Morgan fingerprint density at radius 1 is 1.14 bits per heavy atom. The van der Waals surface area contributed by atoms with Crippen LogP contribution in [0.2, 0.25) is 0 Å². The zero-order valence-corrected chi connectivity index (χ0v) is 14.0. The van der Waals surface area contributed by atoms with Gasteiger partial charge in [-0.2, -0.15) is 13.1 Å². The molecule has 0 atom stereocenters. The number of hydrogen-bond acceptors (Lipinski definition) is 3. The highest BCUT2D eigenvalue weighted by Gasteiger charge is 2.20. The quantitative estimate of drug-likeness (QED) is 0.685. The number of benzene rings is 1. The van der Waals surface area contributed by atoms with Gasteiger partial charge in [-0.15, -0.1) is 0 Å². The molecule has 0 bridgehead atoms. The average Bonchev–Trinajstić information content (AvgIpc) is 2.99. The summed E-state index contributed by atoms with van der Waals surface area (Å²) in [7, 11) is -1.68. The van der Waals surface area contributed by atoms with Crippen LogP contribution in [-0.2, 0) is 16.6 Å². The molecule has 0 spiro atoms. The lowest BCUT2D eigenvalue weighted by Gasteiger charge is -2.13. The van der Waals surface area contributed by atoms with Crippen LogP contribution in [0.25, 0.3) is 0 Å². The Kier molecular flexibility index (Phi) is 6.67. The van der Waals surface area contributed by atoms with Crippen LogP contribution in [0.15, 0.2) is 24.3 Å². The number of methoxy groups -OCH3 is 1. The first-order valence-electron chi connectivity index (χ1n) is 7.99. The third kappa shape index (κ3) is 5.94. The third-order valence-electron chi connectivity index (χ3n) is 4.02. The predicted molar refractivity (Wildman–Crippen MR) is 88.2 cm³/mol. The van der Waals surface area contributed by atoms with Gasteiger partial charge in [-0.25, -0.2) is 4.72 Å².